The van der Waals surface area contributed by atoms with Gasteiger partial charge in [-0.05, 0) is 52.8 Å². The van der Waals surface area contributed by atoms with E-state index in [4.69, 9.17) is 5.41 Å². The van der Waals surface area contributed by atoms with E-state index < -0.39 is 0 Å². The van der Waals surface area contributed by atoms with E-state index in [1.54, 1.807) is 0 Å². The van der Waals surface area contributed by atoms with Gasteiger partial charge in [0.05, 0.1) is 0 Å². The van der Waals surface area contributed by atoms with E-state index in [9.17, 15) is 0 Å². The number of fused-ring (bicyclic) bond motifs is 3. The van der Waals surface area contributed by atoms with Gasteiger partial charge in [-0.3, -0.25) is 0 Å². The van der Waals surface area contributed by atoms with Gasteiger partial charge in [0.1, 0.15) is 0 Å². The van der Waals surface area contributed by atoms with Gasteiger partial charge in [0, 0.05) is 6.21 Å². The van der Waals surface area contributed by atoms with Gasteiger partial charge in [0.25, 0.3) is 0 Å². The molecule has 0 fully saturated rings. The average molecular weight is 233 g/mol. The first-order valence-electron chi connectivity index (χ1n) is 6.22. The van der Waals surface area contributed by atoms with Crippen LogP contribution in [-0.4, -0.2) is 6.21 Å². The number of allylic oxidation sites excluding steroid dienone is 2. The predicted molar refractivity (Wildman–Crippen MR) is 77.1 cm³/mol. The highest BCUT2D eigenvalue weighted by Gasteiger charge is 2.18. The van der Waals surface area contributed by atoms with Crippen molar-refractivity contribution < 1.29 is 0 Å². The van der Waals surface area contributed by atoms with Gasteiger partial charge >= 0.3 is 0 Å². The Morgan fingerprint density at radius 2 is 1.83 bits per heavy atom. The lowest BCUT2D eigenvalue weighted by molar-refractivity contribution is 1.26. The summed E-state index contributed by atoms with van der Waals surface area (Å²) in [6.07, 6.45) is 4.43. The van der Waals surface area contributed by atoms with Gasteiger partial charge in [-0.15, -0.1) is 0 Å². The van der Waals surface area contributed by atoms with E-state index in [2.05, 4.69) is 42.5 Å². The second kappa shape index (κ2) is 4.26. The highest BCUT2D eigenvalue weighted by atomic mass is 14.3. The van der Waals surface area contributed by atoms with Crippen molar-refractivity contribution >= 4 is 11.8 Å². The Hall–Kier alpha value is -2.15. The number of hydrogen-bond donors (Lipinski definition) is 1. The van der Waals surface area contributed by atoms with Crippen LogP contribution < -0.4 is 0 Å². The lowest BCUT2D eigenvalue weighted by atomic mass is 9.99. The largest absolute Gasteiger partial charge is 0.308 e. The molecule has 1 aliphatic carbocycles. The van der Waals surface area contributed by atoms with Gasteiger partial charge < -0.3 is 5.41 Å². The Bertz CT molecular complexity index is 650. The lowest BCUT2D eigenvalue weighted by Crippen LogP contribution is -1.87. The average Bonchev–Trinajstić information content (AvgIpc) is 2.78. The standard InChI is InChI=1S/C17H15N/c1-2-12(11-18)13-7-8-15-9-14-5-3-4-6-16(14)17(15)10-13/h2-8,10-11,18H,9H2,1H3/b12-2+,18-11?. The second-order valence-electron chi connectivity index (χ2n) is 4.59. The number of nitrogens with one attached hydrogen (secondary N) is 1. The molecule has 0 unspecified atom stereocenters. The summed E-state index contributed by atoms with van der Waals surface area (Å²) in [5, 5.41) is 7.45. The van der Waals surface area contributed by atoms with Crippen molar-refractivity contribution in [3.05, 3.63) is 65.2 Å². The molecular weight excluding hydrogens is 218 g/mol. The number of hydrogen-bond acceptors (Lipinski definition) is 1. The second-order valence-corrected chi connectivity index (χ2v) is 4.59. The molecule has 0 heterocycles. The first-order valence-corrected chi connectivity index (χ1v) is 6.22. The Kier molecular flexibility index (Phi) is 2.60. The molecule has 88 valence electrons. The molecule has 0 atom stereocenters. The van der Waals surface area contributed by atoms with E-state index in [-0.39, 0.29) is 0 Å². The molecular formula is C17H15N. The maximum atomic E-state index is 7.45. The predicted octanol–water partition coefficient (Wildman–Crippen LogP) is 4.31. The summed E-state index contributed by atoms with van der Waals surface area (Å²) in [6.45, 7) is 1.97. The minimum Gasteiger partial charge on any atom is -0.308 e. The van der Waals surface area contributed by atoms with Crippen molar-refractivity contribution in [2.75, 3.05) is 0 Å². The van der Waals surface area contributed by atoms with Crippen LogP contribution in [-0.2, 0) is 6.42 Å². The molecule has 0 aromatic heterocycles. The van der Waals surface area contributed by atoms with Crippen LogP contribution in [0.1, 0.15) is 23.6 Å². The van der Waals surface area contributed by atoms with Gasteiger partial charge in [-0.25, -0.2) is 0 Å². The maximum Gasteiger partial charge on any atom is 0.0253 e. The van der Waals surface area contributed by atoms with Gasteiger partial charge in [0.15, 0.2) is 0 Å². The first kappa shape index (κ1) is 11.0. The zero-order valence-corrected chi connectivity index (χ0v) is 10.4. The van der Waals surface area contributed by atoms with Crippen molar-refractivity contribution in [3.8, 4) is 11.1 Å². The quantitative estimate of drug-likeness (QED) is 0.638. The molecule has 1 heteroatoms. The molecule has 2 aromatic carbocycles. The van der Waals surface area contributed by atoms with Crippen molar-refractivity contribution in [3.63, 3.8) is 0 Å². The first-order chi connectivity index (χ1) is 8.83. The van der Waals surface area contributed by atoms with Crippen molar-refractivity contribution in [1.29, 1.82) is 5.41 Å². The summed E-state index contributed by atoms with van der Waals surface area (Å²) in [5.74, 6) is 0. The van der Waals surface area contributed by atoms with E-state index in [1.807, 2.05) is 13.0 Å². The third-order valence-corrected chi connectivity index (χ3v) is 3.60. The Morgan fingerprint density at radius 3 is 2.61 bits per heavy atom. The molecule has 0 aliphatic heterocycles. The van der Waals surface area contributed by atoms with Gasteiger partial charge in [-0.2, -0.15) is 0 Å². The van der Waals surface area contributed by atoms with Crippen LogP contribution in [0, 0.1) is 5.41 Å². The molecule has 0 saturated heterocycles. The van der Waals surface area contributed by atoms with Gasteiger partial charge in [0.2, 0.25) is 0 Å². The maximum absolute atomic E-state index is 7.45. The molecule has 1 N–H and O–H groups in total. The van der Waals surface area contributed by atoms with Crippen LogP contribution in [0.4, 0.5) is 0 Å². The number of rotatable bonds is 2. The molecule has 0 bridgehead atoms. The zero-order valence-electron chi connectivity index (χ0n) is 10.4. The SMILES string of the molecule is C/C=C(\C=N)c1ccc2c(c1)-c1ccccc1C2. The van der Waals surface area contributed by atoms with E-state index in [1.165, 1.54) is 28.5 Å². The number of benzene rings is 2. The summed E-state index contributed by atoms with van der Waals surface area (Å²) in [4.78, 5) is 0. The van der Waals surface area contributed by atoms with Crippen LogP contribution in [0.25, 0.3) is 16.7 Å². The van der Waals surface area contributed by atoms with Crippen LogP contribution in [0.15, 0.2) is 48.5 Å². The molecule has 0 amide bonds. The molecule has 3 rings (SSSR count). The summed E-state index contributed by atoms with van der Waals surface area (Å²) in [6, 6.07) is 15.1. The van der Waals surface area contributed by atoms with Crippen LogP contribution in [0.3, 0.4) is 0 Å². The summed E-state index contributed by atoms with van der Waals surface area (Å²) in [5.41, 5.74) is 7.56. The van der Waals surface area contributed by atoms with Crippen LogP contribution in [0.2, 0.25) is 0 Å². The Balaban J connectivity index is 2.16. The third kappa shape index (κ3) is 1.60. The minimum atomic E-state index is 0.974. The summed E-state index contributed by atoms with van der Waals surface area (Å²) >= 11 is 0. The Morgan fingerprint density at radius 1 is 1.06 bits per heavy atom. The molecule has 0 spiro atoms. The fourth-order valence-electron chi connectivity index (χ4n) is 2.64. The van der Waals surface area contributed by atoms with Gasteiger partial charge in [-0.1, -0.05) is 42.5 Å². The zero-order chi connectivity index (χ0) is 12.5. The molecule has 1 nitrogen and oxygen atoms in total. The van der Waals surface area contributed by atoms with Crippen LogP contribution in [0.5, 0.6) is 0 Å². The van der Waals surface area contributed by atoms with E-state index >= 15 is 0 Å². The molecule has 2 aromatic rings. The van der Waals surface area contributed by atoms with E-state index in [0.717, 1.165) is 17.6 Å². The van der Waals surface area contributed by atoms with Crippen molar-refractivity contribution in [1.82, 2.24) is 0 Å². The molecule has 0 saturated carbocycles. The summed E-state index contributed by atoms with van der Waals surface area (Å²) < 4.78 is 0. The van der Waals surface area contributed by atoms with Crippen molar-refractivity contribution in [2.45, 2.75) is 13.3 Å². The van der Waals surface area contributed by atoms with E-state index in [0.29, 0.717) is 0 Å². The minimum absolute atomic E-state index is 0.974. The lowest BCUT2D eigenvalue weighted by Gasteiger charge is -2.05. The Labute approximate surface area is 107 Å². The van der Waals surface area contributed by atoms with Crippen molar-refractivity contribution in [2.24, 2.45) is 0 Å². The third-order valence-electron chi connectivity index (χ3n) is 3.60. The molecule has 1 aliphatic rings. The van der Waals surface area contributed by atoms with Crippen LogP contribution >= 0.6 is 0 Å². The smallest absolute Gasteiger partial charge is 0.0253 e. The molecule has 18 heavy (non-hydrogen) atoms. The fourth-order valence-corrected chi connectivity index (χ4v) is 2.64. The fraction of sp³-hybridized carbons (Fsp3) is 0.118. The monoisotopic (exact) mass is 233 g/mol. The normalized spacial score (nSPS) is 13.1. The highest BCUT2D eigenvalue weighted by Crippen LogP contribution is 2.37. The summed E-state index contributed by atoms with van der Waals surface area (Å²) in [7, 11) is 0. The molecule has 0 radical (unpaired) electrons. The topological polar surface area (TPSA) is 23.9 Å². The highest BCUT2D eigenvalue weighted by molar-refractivity contribution is 6.08.